The Morgan fingerprint density at radius 2 is 1.72 bits per heavy atom. The molecule has 0 saturated carbocycles. The molecule has 0 heterocycles. The van der Waals surface area contributed by atoms with Crippen LogP contribution in [0.1, 0.15) is 11.1 Å². The molecule has 0 radical (unpaired) electrons. The molecule has 0 aliphatic heterocycles. The monoisotopic (exact) mass is 292 g/mol. The molecule has 0 saturated heterocycles. The van der Waals surface area contributed by atoms with Crippen LogP contribution in [0.3, 0.4) is 0 Å². The summed E-state index contributed by atoms with van der Waals surface area (Å²) < 4.78 is 47.5. The summed E-state index contributed by atoms with van der Waals surface area (Å²) in [6.45, 7) is 3.47. The summed E-state index contributed by atoms with van der Waals surface area (Å²) in [5.74, 6) is 0. The first-order valence-electron chi connectivity index (χ1n) is 5.06. The highest BCUT2D eigenvalue weighted by Gasteiger charge is 2.19. The van der Waals surface area contributed by atoms with Crippen molar-refractivity contribution in [1.82, 2.24) is 0 Å². The lowest BCUT2D eigenvalue weighted by molar-refractivity contribution is 0.595. The van der Waals surface area contributed by atoms with E-state index in [-0.39, 0.29) is 0 Å². The standard InChI is InChI=1S/C10H16N2O4S2/c1-7-4-5-9(8(2)10(7)11)12-18(15,16)6-17(3,13)14/h4-5,12H,6,11H2,1-3H3. The predicted octanol–water partition coefficient (Wildman–Crippen LogP) is 0.629. The second-order valence-corrected chi connectivity index (χ2v) is 8.46. The second kappa shape index (κ2) is 4.77. The second-order valence-electron chi connectivity index (χ2n) is 4.23. The van der Waals surface area contributed by atoms with Crippen LogP contribution in [-0.2, 0) is 19.9 Å². The van der Waals surface area contributed by atoms with E-state index in [1.165, 1.54) is 0 Å². The van der Waals surface area contributed by atoms with Crippen LogP contribution in [0.2, 0.25) is 0 Å². The lowest BCUT2D eigenvalue weighted by atomic mass is 10.1. The first-order chi connectivity index (χ1) is 8.02. The number of hydrogen-bond acceptors (Lipinski definition) is 5. The zero-order chi connectivity index (χ0) is 14.1. The molecule has 18 heavy (non-hydrogen) atoms. The number of rotatable bonds is 4. The Morgan fingerprint density at radius 1 is 1.17 bits per heavy atom. The summed E-state index contributed by atoms with van der Waals surface area (Å²) in [6, 6.07) is 3.22. The third kappa shape index (κ3) is 3.88. The largest absolute Gasteiger partial charge is 0.398 e. The van der Waals surface area contributed by atoms with E-state index in [1.807, 2.05) is 0 Å². The molecule has 0 bridgehead atoms. The fraction of sp³-hybridized carbons (Fsp3) is 0.400. The molecule has 0 aromatic heterocycles. The maximum absolute atomic E-state index is 11.6. The van der Waals surface area contributed by atoms with Crippen LogP contribution in [0.5, 0.6) is 0 Å². The minimum atomic E-state index is -3.94. The van der Waals surface area contributed by atoms with E-state index in [2.05, 4.69) is 4.72 Å². The van der Waals surface area contributed by atoms with Crippen molar-refractivity contribution >= 4 is 31.2 Å². The van der Waals surface area contributed by atoms with Gasteiger partial charge in [-0.15, -0.1) is 0 Å². The van der Waals surface area contributed by atoms with E-state index >= 15 is 0 Å². The van der Waals surface area contributed by atoms with Crippen molar-refractivity contribution in [3.63, 3.8) is 0 Å². The summed E-state index contributed by atoms with van der Waals surface area (Å²) in [6.07, 6.45) is 0.864. The SMILES string of the molecule is Cc1ccc(NS(=O)(=O)CS(C)(=O)=O)c(C)c1N. The molecule has 0 aliphatic rings. The van der Waals surface area contributed by atoms with Crippen LogP contribution < -0.4 is 10.5 Å². The summed E-state index contributed by atoms with van der Waals surface area (Å²) in [5.41, 5.74) is 7.96. The number of nitrogens with one attached hydrogen (secondary N) is 1. The van der Waals surface area contributed by atoms with Gasteiger partial charge < -0.3 is 5.73 Å². The topological polar surface area (TPSA) is 106 Å². The smallest absolute Gasteiger partial charge is 0.247 e. The molecule has 6 nitrogen and oxygen atoms in total. The lowest BCUT2D eigenvalue weighted by Gasteiger charge is -2.13. The van der Waals surface area contributed by atoms with Crippen molar-refractivity contribution in [1.29, 1.82) is 0 Å². The van der Waals surface area contributed by atoms with Gasteiger partial charge in [0.2, 0.25) is 10.0 Å². The van der Waals surface area contributed by atoms with E-state index in [0.29, 0.717) is 16.9 Å². The van der Waals surface area contributed by atoms with Gasteiger partial charge in [-0.05, 0) is 31.0 Å². The zero-order valence-electron chi connectivity index (χ0n) is 10.4. The Hall–Kier alpha value is -1.28. The lowest BCUT2D eigenvalue weighted by Crippen LogP contribution is -2.22. The van der Waals surface area contributed by atoms with Crippen molar-refractivity contribution in [2.75, 3.05) is 21.8 Å². The van der Waals surface area contributed by atoms with Crippen LogP contribution >= 0.6 is 0 Å². The number of benzene rings is 1. The number of sulfone groups is 1. The molecule has 8 heteroatoms. The van der Waals surface area contributed by atoms with Crippen molar-refractivity contribution in [3.8, 4) is 0 Å². The van der Waals surface area contributed by atoms with Crippen LogP contribution in [0.4, 0.5) is 11.4 Å². The molecule has 0 atom stereocenters. The van der Waals surface area contributed by atoms with Gasteiger partial charge >= 0.3 is 0 Å². The van der Waals surface area contributed by atoms with Crippen LogP contribution in [-0.4, -0.2) is 28.2 Å². The highest BCUT2D eigenvalue weighted by atomic mass is 32.3. The summed E-state index contributed by atoms with van der Waals surface area (Å²) in [4.78, 5) is 0. The maximum Gasteiger partial charge on any atom is 0.247 e. The summed E-state index contributed by atoms with van der Waals surface area (Å²) >= 11 is 0. The van der Waals surface area contributed by atoms with Crippen LogP contribution in [0.25, 0.3) is 0 Å². The van der Waals surface area contributed by atoms with Gasteiger partial charge in [0.1, 0.15) is 0 Å². The van der Waals surface area contributed by atoms with Gasteiger partial charge in [0.05, 0.1) is 5.69 Å². The van der Waals surface area contributed by atoms with Crippen molar-refractivity contribution in [2.24, 2.45) is 0 Å². The van der Waals surface area contributed by atoms with Crippen LogP contribution in [0.15, 0.2) is 12.1 Å². The van der Waals surface area contributed by atoms with E-state index in [0.717, 1.165) is 11.8 Å². The predicted molar refractivity (Wildman–Crippen MR) is 72.6 cm³/mol. The van der Waals surface area contributed by atoms with Gasteiger partial charge in [0.15, 0.2) is 14.9 Å². The Bertz CT molecular complexity index is 663. The van der Waals surface area contributed by atoms with Crippen LogP contribution in [0, 0.1) is 13.8 Å². The van der Waals surface area contributed by atoms with Gasteiger partial charge in [0, 0.05) is 11.9 Å². The van der Waals surface area contributed by atoms with Gasteiger partial charge in [-0.25, -0.2) is 16.8 Å². The maximum atomic E-state index is 11.6. The molecule has 1 aromatic carbocycles. The fourth-order valence-electron chi connectivity index (χ4n) is 1.45. The van der Waals surface area contributed by atoms with Gasteiger partial charge in [-0.3, -0.25) is 4.72 Å². The number of sulfonamides is 1. The van der Waals surface area contributed by atoms with Crippen molar-refractivity contribution < 1.29 is 16.8 Å². The average molecular weight is 292 g/mol. The Labute approximate surface area is 107 Å². The van der Waals surface area contributed by atoms with Gasteiger partial charge in [-0.2, -0.15) is 0 Å². The number of hydrogen-bond donors (Lipinski definition) is 2. The normalized spacial score (nSPS) is 12.4. The highest BCUT2D eigenvalue weighted by molar-refractivity contribution is 8.08. The molecule has 0 amide bonds. The minimum Gasteiger partial charge on any atom is -0.398 e. The molecule has 102 valence electrons. The Balaban J connectivity index is 3.10. The summed E-state index contributed by atoms with van der Waals surface area (Å²) in [7, 11) is -7.55. The first kappa shape index (κ1) is 14.8. The number of aryl methyl sites for hydroxylation is 1. The molecular weight excluding hydrogens is 276 g/mol. The van der Waals surface area contributed by atoms with Gasteiger partial charge in [-0.1, -0.05) is 6.07 Å². The first-order valence-corrected chi connectivity index (χ1v) is 8.77. The third-order valence-electron chi connectivity index (χ3n) is 2.37. The molecule has 1 aromatic rings. The molecular formula is C10H16N2O4S2. The molecule has 0 aliphatic carbocycles. The molecule has 0 fully saturated rings. The van der Waals surface area contributed by atoms with E-state index in [9.17, 15) is 16.8 Å². The quantitative estimate of drug-likeness (QED) is 0.792. The summed E-state index contributed by atoms with van der Waals surface area (Å²) in [5, 5.41) is -0.951. The molecule has 3 N–H and O–H groups in total. The minimum absolute atomic E-state index is 0.293. The molecule has 0 spiro atoms. The third-order valence-corrected chi connectivity index (χ3v) is 5.85. The number of nitrogens with two attached hydrogens (primary N) is 1. The Morgan fingerprint density at radius 3 is 2.22 bits per heavy atom. The Kier molecular flexibility index (Phi) is 3.92. The number of nitrogen functional groups attached to an aromatic ring is 1. The number of anilines is 2. The zero-order valence-corrected chi connectivity index (χ0v) is 12.0. The molecule has 1 rings (SSSR count). The molecule has 0 unspecified atom stereocenters. The van der Waals surface area contributed by atoms with E-state index < -0.39 is 24.9 Å². The van der Waals surface area contributed by atoms with Crippen molar-refractivity contribution in [3.05, 3.63) is 23.3 Å². The van der Waals surface area contributed by atoms with Crippen molar-refractivity contribution in [2.45, 2.75) is 13.8 Å². The van der Waals surface area contributed by atoms with E-state index in [4.69, 9.17) is 5.73 Å². The van der Waals surface area contributed by atoms with Gasteiger partial charge in [0.25, 0.3) is 0 Å². The van der Waals surface area contributed by atoms with E-state index in [1.54, 1.807) is 26.0 Å². The fourth-order valence-corrected chi connectivity index (χ4v) is 4.50. The average Bonchev–Trinajstić information content (AvgIpc) is 2.15. The highest BCUT2D eigenvalue weighted by Crippen LogP contribution is 2.25.